The van der Waals surface area contributed by atoms with E-state index in [0.29, 0.717) is 11.7 Å². The van der Waals surface area contributed by atoms with Crippen molar-refractivity contribution in [3.8, 4) is 0 Å². The van der Waals surface area contributed by atoms with E-state index in [1.807, 2.05) is 10.9 Å². The van der Waals surface area contributed by atoms with E-state index >= 15 is 0 Å². The molecule has 5 nitrogen and oxygen atoms in total. The van der Waals surface area contributed by atoms with Gasteiger partial charge in [0.2, 0.25) is 0 Å². The molecule has 0 radical (unpaired) electrons. The van der Waals surface area contributed by atoms with Crippen molar-refractivity contribution in [3.05, 3.63) is 12.3 Å². The lowest BCUT2D eigenvalue weighted by molar-refractivity contribution is 0.0276. The molecule has 90 valence electrons. The predicted octanol–water partition coefficient (Wildman–Crippen LogP) is 0.168. The van der Waals surface area contributed by atoms with Crippen molar-refractivity contribution in [2.75, 3.05) is 25.4 Å². The molecule has 0 bridgehead atoms. The molecule has 2 heterocycles. The number of nitrogen functional groups attached to an aromatic ring is 1. The summed E-state index contributed by atoms with van der Waals surface area (Å²) in [5.41, 5.74) is 5.54. The Morgan fingerprint density at radius 2 is 2.38 bits per heavy atom. The molecule has 0 aliphatic carbocycles. The van der Waals surface area contributed by atoms with Crippen LogP contribution >= 0.6 is 0 Å². The first-order valence-electron chi connectivity index (χ1n) is 5.84. The molecular formula is C11H20N4O. The van der Waals surface area contributed by atoms with Gasteiger partial charge in [-0.05, 0) is 24.9 Å². The van der Waals surface area contributed by atoms with Crippen molar-refractivity contribution in [2.45, 2.75) is 26.0 Å². The highest BCUT2D eigenvalue weighted by Gasteiger charge is 2.23. The van der Waals surface area contributed by atoms with Crippen LogP contribution in [0.3, 0.4) is 0 Å². The Hall–Kier alpha value is -1.07. The van der Waals surface area contributed by atoms with Crippen LogP contribution in [0.5, 0.6) is 0 Å². The fraction of sp³-hybridized carbons (Fsp3) is 0.727. The number of aliphatic hydroxyl groups excluding tert-OH is 1. The highest BCUT2D eigenvalue weighted by atomic mass is 16.3. The number of hydrogen-bond donors (Lipinski definition) is 2. The zero-order chi connectivity index (χ0) is 11.5. The number of piperidine rings is 1. The number of aliphatic hydroxyl groups is 1. The van der Waals surface area contributed by atoms with Crippen molar-refractivity contribution in [2.24, 2.45) is 5.92 Å². The minimum atomic E-state index is -0.184. The van der Waals surface area contributed by atoms with Crippen LogP contribution in [0, 0.1) is 5.92 Å². The van der Waals surface area contributed by atoms with Gasteiger partial charge in [0.1, 0.15) is 5.82 Å². The second-order valence-electron chi connectivity index (χ2n) is 4.64. The van der Waals surface area contributed by atoms with Crippen LogP contribution in [0.4, 0.5) is 5.82 Å². The fourth-order valence-electron chi connectivity index (χ4n) is 2.06. The molecule has 1 saturated heterocycles. The number of likely N-dealkylation sites (tertiary alicyclic amines) is 1. The molecule has 16 heavy (non-hydrogen) atoms. The van der Waals surface area contributed by atoms with Crippen LogP contribution in [0.25, 0.3) is 0 Å². The van der Waals surface area contributed by atoms with Crippen molar-refractivity contribution >= 4 is 5.82 Å². The molecule has 5 heteroatoms. The Labute approximate surface area is 95.8 Å². The lowest BCUT2D eigenvalue weighted by atomic mass is 9.96. The number of rotatable bonds is 3. The summed E-state index contributed by atoms with van der Waals surface area (Å²) < 4.78 is 1.85. The first kappa shape index (κ1) is 11.4. The number of nitrogens with zero attached hydrogens (tertiary/aromatic N) is 3. The highest BCUT2D eigenvalue weighted by Crippen LogP contribution is 2.16. The number of β-amino-alcohol motifs (C(OH)–C–C–N with tert-alkyl or cyclic N) is 1. The molecule has 2 unspecified atom stereocenters. The quantitative estimate of drug-likeness (QED) is 0.768. The Morgan fingerprint density at radius 3 is 3.00 bits per heavy atom. The lowest BCUT2D eigenvalue weighted by Gasteiger charge is -2.34. The minimum absolute atomic E-state index is 0.184. The zero-order valence-corrected chi connectivity index (χ0v) is 9.71. The SMILES string of the molecule is CC1CCN(CCn2ccc(N)n2)CC1O. The summed E-state index contributed by atoms with van der Waals surface area (Å²) in [7, 11) is 0. The largest absolute Gasteiger partial charge is 0.392 e. The van der Waals surface area contributed by atoms with E-state index in [9.17, 15) is 5.11 Å². The van der Waals surface area contributed by atoms with Gasteiger partial charge in [0.25, 0.3) is 0 Å². The van der Waals surface area contributed by atoms with Crippen molar-refractivity contribution in [1.82, 2.24) is 14.7 Å². The summed E-state index contributed by atoms with van der Waals surface area (Å²) >= 11 is 0. The maximum absolute atomic E-state index is 9.77. The maximum atomic E-state index is 9.77. The summed E-state index contributed by atoms with van der Waals surface area (Å²) in [6.45, 7) is 5.70. The average molecular weight is 224 g/mol. The van der Waals surface area contributed by atoms with Gasteiger partial charge in [-0.25, -0.2) is 0 Å². The van der Waals surface area contributed by atoms with E-state index in [-0.39, 0.29) is 6.10 Å². The molecule has 0 spiro atoms. The van der Waals surface area contributed by atoms with Gasteiger partial charge in [0.15, 0.2) is 0 Å². The van der Waals surface area contributed by atoms with Crippen molar-refractivity contribution < 1.29 is 5.11 Å². The van der Waals surface area contributed by atoms with Gasteiger partial charge in [-0.15, -0.1) is 0 Å². The van der Waals surface area contributed by atoms with Gasteiger partial charge >= 0.3 is 0 Å². The van der Waals surface area contributed by atoms with Gasteiger partial charge in [-0.3, -0.25) is 9.58 Å². The molecule has 1 aliphatic rings. The molecule has 0 amide bonds. The monoisotopic (exact) mass is 224 g/mol. The molecule has 0 aromatic carbocycles. The molecule has 1 aromatic heterocycles. The summed E-state index contributed by atoms with van der Waals surface area (Å²) in [5.74, 6) is 0.990. The van der Waals surface area contributed by atoms with Crippen LogP contribution in [0.1, 0.15) is 13.3 Å². The average Bonchev–Trinajstić information content (AvgIpc) is 2.66. The number of aromatic nitrogens is 2. The summed E-state index contributed by atoms with van der Waals surface area (Å²) in [6.07, 6.45) is 2.78. The summed E-state index contributed by atoms with van der Waals surface area (Å²) in [4.78, 5) is 2.28. The highest BCUT2D eigenvalue weighted by molar-refractivity contribution is 5.23. The fourth-order valence-corrected chi connectivity index (χ4v) is 2.06. The number of nitrogens with two attached hydrogens (primary N) is 1. The Bertz CT molecular complexity index is 338. The van der Waals surface area contributed by atoms with Gasteiger partial charge in [0.05, 0.1) is 12.6 Å². The molecule has 1 aromatic rings. The first-order chi connectivity index (χ1) is 7.65. The first-order valence-corrected chi connectivity index (χ1v) is 5.84. The van der Waals surface area contributed by atoms with Crippen molar-refractivity contribution in [3.63, 3.8) is 0 Å². The van der Waals surface area contributed by atoms with E-state index in [1.54, 1.807) is 6.07 Å². The van der Waals surface area contributed by atoms with E-state index in [2.05, 4.69) is 16.9 Å². The number of hydrogen-bond acceptors (Lipinski definition) is 4. The second-order valence-corrected chi connectivity index (χ2v) is 4.64. The van der Waals surface area contributed by atoms with Gasteiger partial charge in [-0.1, -0.05) is 6.92 Å². The topological polar surface area (TPSA) is 67.3 Å². The minimum Gasteiger partial charge on any atom is -0.392 e. The van der Waals surface area contributed by atoms with E-state index in [0.717, 1.165) is 32.6 Å². The summed E-state index contributed by atoms with van der Waals surface area (Å²) in [6, 6.07) is 1.80. The Balaban J connectivity index is 1.78. The van der Waals surface area contributed by atoms with Crippen LogP contribution in [0.15, 0.2) is 12.3 Å². The molecule has 2 atom stereocenters. The molecule has 3 N–H and O–H groups in total. The van der Waals surface area contributed by atoms with E-state index in [4.69, 9.17) is 5.73 Å². The third kappa shape index (κ3) is 2.74. The molecule has 0 saturated carbocycles. The Kier molecular flexibility index (Phi) is 3.46. The van der Waals surface area contributed by atoms with Crippen molar-refractivity contribution in [1.29, 1.82) is 0 Å². The standard InChI is InChI=1S/C11H20N4O/c1-9-2-4-14(8-10(9)16)6-7-15-5-3-11(12)13-15/h3,5,9-10,16H,2,4,6-8H2,1H3,(H2,12,13). The normalized spacial score (nSPS) is 27.1. The molecule has 2 rings (SSSR count). The van der Waals surface area contributed by atoms with Crippen LogP contribution in [0.2, 0.25) is 0 Å². The zero-order valence-electron chi connectivity index (χ0n) is 9.71. The van der Waals surface area contributed by atoms with Gasteiger partial charge in [0, 0.05) is 19.3 Å². The Morgan fingerprint density at radius 1 is 1.56 bits per heavy atom. The smallest absolute Gasteiger partial charge is 0.145 e. The van der Waals surface area contributed by atoms with Crippen LogP contribution < -0.4 is 5.73 Å². The lowest BCUT2D eigenvalue weighted by Crippen LogP contribution is -2.43. The van der Waals surface area contributed by atoms with E-state index in [1.165, 1.54) is 0 Å². The summed E-state index contributed by atoms with van der Waals surface area (Å²) in [5, 5.41) is 13.9. The van der Waals surface area contributed by atoms with Gasteiger partial charge < -0.3 is 10.8 Å². The van der Waals surface area contributed by atoms with Crippen LogP contribution in [-0.4, -0.2) is 45.5 Å². The van der Waals surface area contributed by atoms with Crippen LogP contribution in [-0.2, 0) is 6.54 Å². The third-order valence-corrected chi connectivity index (χ3v) is 3.31. The van der Waals surface area contributed by atoms with E-state index < -0.39 is 0 Å². The molecule has 1 fully saturated rings. The maximum Gasteiger partial charge on any atom is 0.145 e. The molecule has 1 aliphatic heterocycles. The third-order valence-electron chi connectivity index (χ3n) is 3.31. The number of anilines is 1. The molecular weight excluding hydrogens is 204 g/mol. The second kappa shape index (κ2) is 4.84. The predicted molar refractivity (Wildman–Crippen MR) is 62.9 cm³/mol. The van der Waals surface area contributed by atoms with Gasteiger partial charge in [-0.2, -0.15) is 5.10 Å².